The van der Waals surface area contributed by atoms with Gasteiger partial charge in [0.05, 0.1) is 17.0 Å². The molecule has 1 aromatic rings. The molecule has 0 aliphatic rings. The highest BCUT2D eigenvalue weighted by atomic mass is 79.9. The summed E-state index contributed by atoms with van der Waals surface area (Å²) in [7, 11) is 0. The lowest BCUT2D eigenvalue weighted by Gasteiger charge is -2.22. The predicted octanol–water partition coefficient (Wildman–Crippen LogP) is 3.34. The minimum Gasteiger partial charge on any atom is -0.379 e. The number of ether oxygens (including phenoxy) is 2. The first-order valence-corrected chi connectivity index (χ1v) is 7.50. The third kappa shape index (κ3) is 5.06. The minimum atomic E-state index is -0.0308. The number of hydrogen-bond donors (Lipinski definition) is 1. The Balaban J connectivity index is 2.55. The van der Waals surface area contributed by atoms with E-state index in [2.05, 4.69) is 28.9 Å². The number of halogens is 1. The van der Waals surface area contributed by atoms with Gasteiger partial charge in [0, 0.05) is 17.5 Å². The zero-order valence-corrected chi connectivity index (χ0v) is 12.7. The van der Waals surface area contributed by atoms with E-state index in [1.54, 1.807) is 11.3 Å². The van der Waals surface area contributed by atoms with Crippen LogP contribution in [0.4, 0.5) is 0 Å². The van der Waals surface area contributed by atoms with E-state index < -0.39 is 0 Å². The number of thiophene rings is 1. The summed E-state index contributed by atoms with van der Waals surface area (Å²) in [6.45, 7) is 5.98. The summed E-state index contributed by atoms with van der Waals surface area (Å²) in [5.41, 5.74) is 6.10. The first-order chi connectivity index (χ1) is 8.19. The summed E-state index contributed by atoms with van der Waals surface area (Å²) in [6.07, 6.45) is 0.867. The summed E-state index contributed by atoms with van der Waals surface area (Å²) in [5.74, 6) is 0. The van der Waals surface area contributed by atoms with Crippen molar-refractivity contribution in [3.63, 3.8) is 0 Å². The molecule has 1 rings (SSSR count). The van der Waals surface area contributed by atoms with E-state index in [0.29, 0.717) is 13.2 Å². The van der Waals surface area contributed by atoms with Gasteiger partial charge in [0.1, 0.15) is 6.10 Å². The standard InChI is InChI=1S/C12H20BrNO2S/c1-3-9(14)12(16-8-7-15-4-2)10-5-6-11(13)17-10/h5-6,9,12H,3-4,7-8,14H2,1-2H3. The van der Waals surface area contributed by atoms with Crippen LogP contribution in [0.1, 0.15) is 31.2 Å². The molecule has 2 atom stereocenters. The third-order valence-electron chi connectivity index (χ3n) is 2.46. The molecule has 0 bridgehead atoms. The van der Waals surface area contributed by atoms with Crippen LogP contribution in [0.25, 0.3) is 0 Å². The Kier molecular flexibility index (Phi) is 7.30. The van der Waals surface area contributed by atoms with E-state index in [0.717, 1.165) is 16.8 Å². The monoisotopic (exact) mass is 321 g/mol. The second kappa shape index (κ2) is 8.21. The molecule has 0 spiro atoms. The zero-order chi connectivity index (χ0) is 12.7. The molecule has 0 saturated carbocycles. The summed E-state index contributed by atoms with van der Waals surface area (Å²) in [6, 6.07) is 4.12. The van der Waals surface area contributed by atoms with Crippen LogP contribution in [0.2, 0.25) is 0 Å². The van der Waals surface area contributed by atoms with Gasteiger partial charge in [0.25, 0.3) is 0 Å². The fourth-order valence-electron chi connectivity index (χ4n) is 1.49. The molecular formula is C12H20BrNO2S. The van der Waals surface area contributed by atoms with Gasteiger partial charge >= 0.3 is 0 Å². The molecular weight excluding hydrogens is 302 g/mol. The van der Waals surface area contributed by atoms with Crippen molar-refractivity contribution in [1.82, 2.24) is 0 Å². The van der Waals surface area contributed by atoms with E-state index in [4.69, 9.17) is 15.2 Å². The van der Waals surface area contributed by atoms with Crippen LogP contribution >= 0.6 is 27.3 Å². The van der Waals surface area contributed by atoms with E-state index in [-0.39, 0.29) is 12.1 Å². The van der Waals surface area contributed by atoms with Gasteiger partial charge < -0.3 is 15.2 Å². The Morgan fingerprint density at radius 3 is 2.65 bits per heavy atom. The van der Waals surface area contributed by atoms with Gasteiger partial charge in [-0.1, -0.05) is 6.92 Å². The second-order valence-corrected chi connectivity index (χ2v) is 6.20. The highest BCUT2D eigenvalue weighted by molar-refractivity contribution is 9.11. The number of nitrogens with two attached hydrogens (primary N) is 1. The van der Waals surface area contributed by atoms with E-state index in [1.165, 1.54) is 4.88 Å². The maximum absolute atomic E-state index is 6.10. The minimum absolute atomic E-state index is 0.0298. The molecule has 1 heterocycles. The highest BCUT2D eigenvalue weighted by Crippen LogP contribution is 2.31. The summed E-state index contributed by atoms with van der Waals surface area (Å²) in [5, 5.41) is 0. The lowest BCUT2D eigenvalue weighted by molar-refractivity contribution is -0.00385. The molecule has 1 aromatic heterocycles. The van der Waals surface area contributed by atoms with Crippen molar-refractivity contribution in [1.29, 1.82) is 0 Å². The van der Waals surface area contributed by atoms with Crippen molar-refractivity contribution in [3.8, 4) is 0 Å². The van der Waals surface area contributed by atoms with Gasteiger partial charge in [-0.2, -0.15) is 0 Å². The first kappa shape index (κ1) is 15.1. The van der Waals surface area contributed by atoms with Gasteiger partial charge in [0.2, 0.25) is 0 Å². The molecule has 0 fully saturated rings. The van der Waals surface area contributed by atoms with E-state index in [9.17, 15) is 0 Å². The van der Waals surface area contributed by atoms with Crippen molar-refractivity contribution in [2.45, 2.75) is 32.4 Å². The summed E-state index contributed by atoms with van der Waals surface area (Å²) in [4.78, 5) is 1.17. The molecule has 2 N–H and O–H groups in total. The molecule has 2 unspecified atom stereocenters. The lowest BCUT2D eigenvalue weighted by Crippen LogP contribution is -2.29. The zero-order valence-electron chi connectivity index (χ0n) is 10.3. The average Bonchev–Trinajstić information content (AvgIpc) is 2.75. The van der Waals surface area contributed by atoms with Gasteiger partial charge in [0.15, 0.2) is 0 Å². The van der Waals surface area contributed by atoms with Crippen molar-refractivity contribution in [2.24, 2.45) is 5.73 Å². The van der Waals surface area contributed by atoms with Crippen LogP contribution in [-0.4, -0.2) is 25.9 Å². The van der Waals surface area contributed by atoms with Crippen LogP contribution in [-0.2, 0) is 9.47 Å². The third-order valence-corrected chi connectivity index (χ3v) is 4.15. The molecule has 0 aliphatic carbocycles. The second-order valence-electron chi connectivity index (χ2n) is 3.70. The molecule has 5 heteroatoms. The molecule has 0 amide bonds. The highest BCUT2D eigenvalue weighted by Gasteiger charge is 2.20. The SMILES string of the molecule is CCOCCOC(c1ccc(Br)s1)C(N)CC. The van der Waals surface area contributed by atoms with Crippen molar-refractivity contribution in [3.05, 3.63) is 20.8 Å². The summed E-state index contributed by atoms with van der Waals surface area (Å²) < 4.78 is 12.2. The Hall–Kier alpha value is 0.0600. The maximum atomic E-state index is 6.10. The molecule has 0 radical (unpaired) electrons. The fourth-order valence-corrected chi connectivity index (χ4v) is 3.04. The average molecular weight is 322 g/mol. The van der Waals surface area contributed by atoms with Gasteiger partial charge in [-0.3, -0.25) is 0 Å². The largest absolute Gasteiger partial charge is 0.379 e. The smallest absolute Gasteiger partial charge is 0.107 e. The topological polar surface area (TPSA) is 44.5 Å². The molecule has 0 aromatic carbocycles. The predicted molar refractivity (Wildman–Crippen MR) is 75.5 cm³/mol. The lowest BCUT2D eigenvalue weighted by atomic mass is 10.1. The van der Waals surface area contributed by atoms with Gasteiger partial charge in [-0.05, 0) is 41.4 Å². The number of hydrogen-bond acceptors (Lipinski definition) is 4. The summed E-state index contributed by atoms with van der Waals surface area (Å²) >= 11 is 5.14. The van der Waals surface area contributed by atoms with Gasteiger partial charge in [-0.15, -0.1) is 11.3 Å². The van der Waals surface area contributed by atoms with Gasteiger partial charge in [-0.25, -0.2) is 0 Å². The van der Waals surface area contributed by atoms with Crippen molar-refractivity contribution >= 4 is 27.3 Å². The Bertz CT molecular complexity index is 319. The molecule has 98 valence electrons. The van der Waals surface area contributed by atoms with Crippen molar-refractivity contribution < 1.29 is 9.47 Å². The molecule has 0 saturated heterocycles. The van der Waals surface area contributed by atoms with Crippen LogP contribution in [0.3, 0.4) is 0 Å². The Morgan fingerprint density at radius 2 is 2.12 bits per heavy atom. The van der Waals surface area contributed by atoms with Crippen LogP contribution < -0.4 is 5.73 Å². The van der Waals surface area contributed by atoms with Crippen molar-refractivity contribution in [2.75, 3.05) is 19.8 Å². The van der Waals surface area contributed by atoms with Crippen LogP contribution in [0.15, 0.2) is 15.9 Å². The van der Waals surface area contributed by atoms with E-state index >= 15 is 0 Å². The Labute approximate surface area is 115 Å². The maximum Gasteiger partial charge on any atom is 0.107 e. The fraction of sp³-hybridized carbons (Fsp3) is 0.667. The van der Waals surface area contributed by atoms with Crippen LogP contribution in [0, 0.1) is 0 Å². The van der Waals surface area contributed by atoms with E-state index in [1.807, 2.05) is 13.0 Å². The number of rotatable bonds is 8. The molecule has 3 nitrogen and oxygen atoms in total. The quantitative estimate of drug-likeness (QED) is 0.747. The normalized spacial score (nSPS) is 14.8. The molecule has 17 heavy (non-hydrogen) atoms. The first-order valence-electron chi connectivity index (χ1n) is 5.89. The Morgan fingerprint density at radius 1 is 1.35 bits per heavy atom. The molecule has 0 aliphatic heterocycles. The van der Waals surface area contributed by atoms with Crippen LogP contribution in [0.5, 0.6) is 0 Å².